The summed E-state index contributed by atoms with van der Waals surface area (Å²) in [5, 5.41) is 102. The van der Waals surface area contributed by atoms with Crippen molar-refractivity contribution < 1.29 is 70.2 Å². The molecular weight excluding hydrogens is 530 g/mol. The maximum absolute atomic E-state index is 12.7. The van der Waals surface area contributed by atoms with Crippen molar-refractivity contribution in [3.05, 3.63) is 0 Å². The van der Waals surface area contributed by atoms with Gasteiger partial charge in [-0.2, -0.15) is 0 Å². The van der Waals surface area contributed by atoms with Gasteiger partial charge in [0.05, 0.1) is 32.0 Å². The van der Waals surface area contributed by atoms with Crippen molar-refractivity contribution in [2.75, 3.05) is 39.5 Å². The van der Waals surface area contributed by atoms with Crippen molar-refractivity contribution in [3.63, 3.8) is 0 Å². The van der Waals surface area contributed by atoms with Gasteiger partial charge in [0.1, 0.15) is 42.7 Å². The summed E-state index contributed by atoms with van der Waals surface area (Å²) in [4.78, 5) is 37.1. The third kappa shape index (κ3) is 14.3. The summed E-state index contributed by atoms with van der Waals surface area (Å²) in [6.07, 6.45) is -15.3. The zero-order chi connectivity index (χ0) is 30.1. The van der Waals surface area contributed by atoms with E-state index in [1.165, 1.54) is 0 Å². The molecule has 0 aromatic heterocycles. The summed E-state index contributed by atoms with van der Waals surface area (Å²) in [7, 11) is 0. The number of aliphatic hydroxyl groups excluding tert-OH is 10. The average Bonchev–Trinajstić information content (AvgIpc) is 2.93. The molecule has 17 heteroatoms. The Labute approximate surface area is 225 Å². The van der Waals surface area contributed by atoms with Crippen LogP contribution in [0.2, 0.25) is 0 Å². The molecule has 0 unspecified atom stereocenters. The third-order valence-electron chi connectivity index (χ3n) is 5.63. The zero-order valence-corrected chi connectivity index (χ0v) is 21.7. The second-order valence-corrected chi connectivity index (χ2v) is 8.75. The standard InChI is InChI=1S/C22H43N3O14/c1-2-39-6-5-17(33)25-11(22(38)24-8-13(29)19(35)21(37)15(31)10-27)3-4-16(32)23-7-12(28)18(34)20(36)14(30)9-26/h11-15,18-21,26-31,34-37H,2-10H2,1H3,(H,23,32)(H,24,38)(H,25,33)/t11-,12-,13-,14+,15+,18+,19+,20+,21+/m0/s1. The van der Waals surface area contributed by atoms with Crippen molar-refractivity contribution in [2.45, 2.75) is 81.1 Å². The van der Waals surface area contributed by atoms with Gasteiger partial charge in [0.2, 0.25) is 17.7 Å². The highest BCUT2D eigenvalue weighted by Gasteiger charge is 2.32. The van der Waals surface area contributed by atoms with Crippen LogP contribution in [0.5, 0.6) is 0 Å². The van der Waals surface area contributed by atoms with Crippen LogP contribution in [-0.2, 0) is 19.1 Å². The second-order valence-electron chi connectivity index (χ2n) is 8.75. The molecule has 0 spiro atoms. The fourth-order valence-electron chi connectivity index (χ4n) is 3.12. The number of aliphatic hydroxyl groups is 10. The topological polar surface area (TPSA) is 299 Å². The first kappa shape index (κ1) is 37.0. The van der Waals surface area contributed by atoms with Gasteiger partial charge in [-0.25, -0.2) is 0 Å². The summed E-state index contributed by atoms with van der Waals surface area (Å²) < 4.78 is 5.07. The van der Waals surface area contributed by atoms with Gasteiger partial charge in [0.15, 0.2) is 0 Å². The highest BCUT2D eigenvalue weighted by molar-refractivity contribution is 5.88. The first-order chi connectivity index (χ1) is 18.3. The van der Waals surface area contributed by atoms with Crippen LogP contribution in [0, 0.1) is 0 Å². The van der Waals surface area contributed by atoms with Crippen LogP contribution in [-0.4, -0.2) is 163 Å². The Balaban J connectivity index is 5.04. The maximum Gasteiger partial charge on any atom is 0.242 e. The molecule has 230 valence electrons. The van der Waals surface area contributed by atoms with Gasteiger partial charge < -0.3 is 71.8 Å². The molecule has 0 bridgehead atoms. The molecule has 39 heavy (non-hydrogen) atoms. The smallest absolute Gasteiger partial charge is 0.242 e. The summed E-state index contributed by atoms with van der Waals surface area (Å²) >= 11 is 0. The molecule has 0 heterocycles. The normalized spacial score (nSPS) is 18.5. The molecule has 0 aliphatic rings. The summed E-state index contributed by atoms with van der Waals surface area (Å²) in [5.74, 6) is -2.19. The number of carbonyl (C=O) groups excluding carboxylic acids is 3. The van der Waals surface area contributed by atoms with E-state index in [1.54, 1.807) is 6.92 Å². The van der Waals surface area contributed by atoms with E-state index in [9.17, 15) is 55.2 Å². The van der Waals surface area contributed by atoms with Crippen LogP contribution in [0.1, 0.15) is 26.2 Å². The highest BCUT2D eigenvalue weighted by atomic mass is 16.5. The number of ether oxygens (including phenoxy) is 1. The molecule has 0 aliphatic heterocycles. The zero-order valence-electron chi connectivity index (χ0n) is 21.7. The van der Waals surface area contributed by atoms with Crippen molar-refractivity contribution in [1.82, 2.24) is 16.0 Å². The molecule has 3 amide bonds. The summed E-state index contributed by atoms with van der Waals surface area (Å²) in [6.45, 7) is -0.824. The van der Waals surface area contributed by atoms with Crippen LogP contribution < -0.4 is 16.0 Å². The quantitative estimate of drug-likeness (QED) is 0.0568. The second kappa shape index (κ2) is 19.9. The number of carbonyl (C=O) groups is 3. The van der Waals surface area contributed by atoms with E-state index in [0.717, 1.165) is 0 Å². The SMILES string of the molecule is CCOCCC(=O)N[C@@H](CCC(=O)NC[C@H](O)[C@@H](O)[C@H](O)[C@H](O)CO)C(=O)NC[C@H](O)[C@@H](O)[C@H](O)[C@H](O)CO. The molecule has 0 saturated carbocycles. The minimum atomic E-state index is -1.93. The number of hydrogen-bond donors (Lipinski definition) is 13. The average molecular weight is 574 g/mol. The Morgan fingerprint density at radius 1 is 0.667 bits per heavy atom. The fourth-order valence-corrected chi connectivity index (χ4v) is 3.12. The first-order valence-corrected chi connectivity index (χ1v) is 12.4. The van der Waals surface area contributed by atoms with Crippen LogP contribution in [0.25, 0.3) is 0 Å². The third-order valence-corrected chi connectivity index (χ3v) is 5.63. The van der Waals surface area contributed by atoms with E-state index >= 15 is 0 Å². The van der Waals surface area contributed by atoms with Crippen molar-refractivity contribution in [1.29, 1.82) is 0 Å². The molecule has 13 N–H and O–H groups in total. The lowest BCUT2D eigenvalue weighted by Gasteiger charge is -2.26. The lowest BCUT2D eigenvalue weighted by molar-refractivity contribution is -0.132. The van der Waals surface area contributed by atoms with Gasteiger partial charge in [-0.05, 0) is 13.3 Å². The Bertz CT molecular complexity index is 717. The Morgan fingerprint density at radius 3 is 1.59 bits per heavy atom. The van der Waals surface area contributed by atoms with E-state index in [-0.39, 0.29) is 25.9 Å². The first-order valence-electron chi connectivity index (χ1n) is 12.4. The molecule has 0 fully saturated rings. The van der Waals surface area contributed by atoms with E-state index in [0.29, 0.717) is 6.61 Å². The lowest BCUT2D eigenvalue weighted by atomic mass is 10.0. The van der Waals surface area contributed by atoms with Gasteiger partial charge in [0.25, 0.3) is 0 Å². The molecule has 0 aliphatic carbocycles. The van der Waals surface area contributed by atoms with Crippen molar-refractivity contribution >= 4 is 17.7 Å². The number of nitrogens with one attached hydrogen (secondary N) is 3. The fraction of sp³-hybridized carbons (Fsp3) is 0.864. The maximum atomic E-state index is 12.7. The van der Waals surface area contributed by atoms with Crippen LogP contribution in [0.15, 0.2) is 0 Å². The Morgan fingerprint density at radius 2 is 1.13 bits per heavy atom. The van der Waals surface area contributed by atoms with Gasteiger partial charge >= 0.3 is 0 Å². The summed E-state index contributed by atoms with van der Waals surface area (Å²) in [6, 6.07) is -1.31. The molecule has 0 rings (SSSR count). The lowest BCUT2D eigenvalue weighted by Crippen LogP contribution is -2.53. The molecule has 17 nitrogen and oxygen atoms in total. The van der Waals surface area contributed by atoms with E-state index in [4.69, 9.17) is 14.9 Å². The van der Waals surface area contributed by atoms with E-state index < -0.39 is 98.9 Å². The van der Waals surface area contributed by atoms with Crippen LogP contribution in [0.3, 0.4) is 0 Å². The van der Waals surface area contributed by atoms with E-state index in [1.807, 2.05) is 0 Å². The van der Waals surface area contributed by atoms with Crippen molar-refractivity contribution in [3.8, 4) is 0 Å². The highest BCUT2D eigenvalue weighted by Crippen LogP contribution is 2.07. The van der Waals surface area contributed by atoms with Gasteiger partial charge in [-0.15, -0.1) is 0 Å². The minimum Gasteiger partial charge on any atom is -0.394 e. The number of rotatable bonds is 21. The van der Waals surface area contributed by atoms with Crippen molar-refractivity contribution in [2.24, 2.45) is 0 Å². The molecular formula is C22H43N3O14. The Kier molecular flexibility index (Phi) is 18.9. The molecule has 0 radical (unpaired) electrons. The number of hydrogen-bond acceptors (Lipinski definition) is 14. The minimum absolute atomic E-state index is 0.0597. The monoisotopic (exact) mass is 573 g/mol. The van der Waals surface area contributed by atoms with Gasteiger partial charge in [-0.1, -0.05) is 0 Å². The number of amides is 3. The molecule has 0 aromatic rings. The molecule has 0 aromatic carbocycles. The van der Waals surface area contributed by atoms with Crippen LogP contribution in [0.4, 0.5) is 0 Å². The van der Waals surface area contributed by atoms with Gasteiger partial charge in [0, 0.05) is 32.5 Å². The largest absolute Gasteiger partial charge is 0.394 e. The van der Waals surface area contributed by atoms with Crippen LogP contribution >= 0.6 is 0 Å². The summed E-state index contributed by atoms with van der Waals surface area (Å²) in [5.41, 5.74) is 0. The molecule has 0 saturated heterocycles. The molecule has 9 atom stereocenters. The van der Waals surface area contributed by atoms with Gasteiger partial charge in [-0.3, -0.25) is 14.4 Å². The predicted octanol–water partition coefficient (Wildman–Crippen LogP) is -7.22. The Hall–Kier alpha value is -2.03. The predicted molar refractivity (Wildman–Crippen MR) is 131 cm³/mol. The van der Waals surface area contributed by atoms with E-state index in [2.05, 4.69) is 16.0 Å².